The van der Waals surface area contributed by atoms with Gasteiger partial charge in [0.15, 0.2) is 5.13 Å². The van der Waals surface area contributed by atoms with E-state index in [1.807, 2.05) is 19.9 Å². The van der Waals surface area contributed by atoms with Gasteiger partial charge in [-0.2, -0.15) is 0 Å². The van der Waals surface area contributed by atoms with E-state index in [2.05, 4.69) is 4.98 Å². The van der Waals surface area contributed by atoms with Crippen LogP contribution in [0, 0.1) is 0 Å². The molecule has 1 amide bonds. The highest BCUT2D eigenvalue weighted by Crippen LogP contribution is 2.45. The Kier molecular flexibility index (Phi) is 7.02. The molecule has 1 aliphatic rings. The Morgan fingerprint density at radius 3 is 2.55 bits per heavy atom. The van der Waals surface area contributed by atoms with Crippen molar-refractivity contribution < 1.29 is 29.3 Å². The number of carbonyl (C=O) groups excluding carboxylic acids is 2. The first-order valence-corrected chi connectivity index (χ1v) is 13.1. The number of hydrogen-bond donors (Lipinski definition) is 2. The topological polar surface area (TPSA) is 109 Å². The van der Waals surface area contributed by atoms with Crippen LogP contribution in [0.1, 0.15) is 37.4 Å². The van der Waals surface area contributed by atoms with Gasteiger partial charge < -0.3 is 19.7 Å². The third-order valence-corrected chi connectivity index (χ3v) is 7.09. The maximum atomic E-state index is 13.5. The molecule has 194 valence electrons. The van der Waals surface area contributed by atoms with Crippen LogP contribution in [-0.4, -0.2) is 40.1 Å². The zero-order valence-electron chi connectivity index (χ0n) is 20.9. The van der Waals surface area contributed by atoms with Crippen molar-refractivity contribution in [2.45, 2.75) is 26.3 Å². The lowest BCUT2D eigenvalue weighted by molar-refractivity contribution is -0.132. The summed E-state index contributed by atoms with van der Waals surface area (Å²) in [6, 6.07) is 17.4. The van der Waals surface area contributed by atoms with Gasteiger partial charge in [0, 0.05) is 5.56 Å². The highest BCUT2D eigenvalue weighted by atomic mass is 32.1. The lowest BCUT2D eigenvalue weighted by atomic mass is 9.95. The van der Waals surface area contributed by atoms with Crippen molar-refractivity contribution in [2.24, 2.45) is 0 Å². The van der Waals surface area contributed by atoms with Gasteiger partial charge in [0.1, 0.15) is 23.0 Å². The molecule has 1 saturated heterocycles. The van der Waals surface area contributed by atoms with E-state index in [1.54, 1.807) is 48.5 Å². The maximum Gasteiger partial charge on any atom is 0.301 e. The Morgan fingerprint density at radius 1 is 1.00 bits per heavy atom. The second-order valence-electron chi connectivity index (χ2n) is 8.70. The van der Waals surface area contributed by atoms with E-state index in [9.17, 15) is 19.8 Å². The Labute approximate surface area is 223 Å². The van der Waals surface area contributed by atoms with Crippen molar-refractivity contribution in [3.8, 4) is 17.2 Å². The van der Waals surface area contributed by atoms with Gasteiger partial charge in [0.05, 0.1) is 35.0 Å². The van der Waals surface area contributed by atoms with Gasteiger partial charge in [-0.25, -0.2) is 4.98 Å². The Morgan fingerprint density at radius 2 is 1.79 bits per heavy atom. The largest absolute Gasteiger partial charge is 0.508 e. The molecule has 0 aliphatic carbocycles. The van der Waals surface area contributed by atoms with Gasteiger partial charge in [-0.15, -0.1) is 0 Å². The number of nitrogens with zero attached hydrogens (tertiary/aromatic N) is 2. The van der Waals surface area contributed by atoms with Crippen LogP contribution in [0.2, 0.25) is 0 Å². The number of aliphatic hydroxyl groups excluding tert-OH is 1. The number of aromatic hydroxyl groups is 1. The summed E-state index contributed by atoms with van der Waals surface area (Å²) in [4.78, 5) is 32.8. The van der Waals surface area contributed by atoms with E-state index in [1.165, 1.54) is 28.4 Å². The summed E-state index contributed by atoms with van der Waals surface area (Å²) < 4.78 is 12.1. The van der Waals surface area contributed by atoms with Crippen LogP contribution in [0.3, 0.4) is 0 Å². The monoisotopic (exact) mass is 530 g/mol. The van der Waals surface area contributed by atoms with Gasteiger partial charge in [-0.05, 0) is 61.4 Å². The molecule has 0 saturated carbocycles. The number of amides is 1. The predicted octanol–water partition coefficient (Wildman–Crippen LogP) is 5.82. The van der Waals surface area contributed by atoms with Crippen molar-refractivity contribution in [1.29, 1.82) is 0 Å². The summed E-state index contributed by atoms with van der Waals surface area (Å²) in [5.74, 6) is -0.816. The summed E-state index contributed by atoms with van der Waals surface area (Å²) in [5, 5.41) is 21.9. The summed E-state index contributed by atoms with van der Waals surface area (Å²) in [5.41, 5.74) is 1.35. The number of ether oxygens (including phenoxy) is 2. The fourth-order valence-electron chi connectivity index (χ4n) is 4.40. The Balaban J connectivity index is 1.66. The highest BCUT2D eigenvalue weighted by Gasteiger charge is 2.48. The van der Waals surface area contributed by atoms with Crippen LogP contribution in [0.15, 0.2) is 72.3 Å². The van der Waals surface area contributed by atoms with Crippen molar-refractivity contribution in [2.75, 3.05) is 18.1 Å². The molecule has 9 heteroatoms. The lowest BCUT2D eigenvalue weighted by Crippen LogP contribution is -2.29. The zero-order valence-corrected chi connectivity index (χ0v) is 21.7. The quantitative estimate of drug-likeness (QED) is 0.168. The molecule has 1 unspecified atom stereocenters. The van der Waals surface area contributed by atoms with Gasteiger partial charge >= 0.3 is 5.91 Å². The molecule has 38 heavy (non-hydrogen) atoms. The van der Waals surface area contributed by atoms with E-state index in [4.69, 9.17) is 9.47 Å². The molecule has 8 nitrogen and oxygen atoms in total. The molecule has 0 spiro atoms. The number of ketones is 1. The molecule has 2 heterocycles. The molecule has 0 bridgehead atoms. The minimum atomic E-state index is -1.01. The number of phenolic OH excluding ortho intramolecular Hbond substituents is 1. The molecular formula is C29H26N2O6S. The normalized spacial score (nSPS) is 16.8. The third-order valence-electron chi connectivity index (χ3n) is 6.08. The van der Waals surface area contributed by atoms with Gasteiger partial charge in [0.2, 0.25) is 0 Å². The summed E-state index contributed by atoms with van der Waals surface area (Å²) >= 11 is 1.24. The molecule has 2 N–H and O–H groups in total. The lowest BCUT2D eigenvalue weighted by Gasteiger charge is -2.23. The number of benzene rings is 3. The second-order valence-corrected chi connectivity index (χ2v) is 9.71. The number of aliphatic hydroxyl groups is 1. The average molecular weight is 531 g/mol. The molecule has 1 atom stereocenters. The number of hydrogen-bond acceptors (Lipinski definition) is 8. The standard InChI is InChI=1S/C29H26N2O6S/c1-3-13-37-20-10-6-8-18(15-20)26(33)24-25(17-7-5-9-19(32)14-17)31(28(35)27(24)34)29-30-22-12-11-21(36-4-2)16-23(22)38-29/h5-12,14-16,25,32-33H,3-4,13H2,1-2H3/b26-24+. The minimum absolute atomic E-state index is 0.0336. The predicted molar refractivity (Wildman–Crippen MR) is 146 cm³/mol. The molecule has 1 aromatic heterocycles. The van der Waals surface area contributed by atoms with Crippen LogP contribution in [0.5, 0.6) is 17.2 Å². The molecule has 0 radical (unpaired) electrons. The Hall–Kier alpha value is -4.37. The second kappa shape index (κ2) is 10.5. The first-order chi connectivity index (χ1) is 18.4. The summed E-state index contributed by atoms with van der Waals surface area (Å²) in [7, 11) is 0. The zero-order chi connectivity index (χ0) is 26.8. The van der Waals surface area contributed by atoms with Crippen LogP contribution in [0.25, 0.3) is 16.0 Å². The van der Waals surface area contributed by atoms with Crippen molar-refractivity contribution in [3.05, 3.63) is 83.4 Å². The van der Waals surface area contributed by atoms with E-state index < -0.39 is 17.7 Å². The van der Waals surface area contributed by atoms with Crippen LogP contribution in [0.4, 0.5) is 5.13 Å². The van der Waals surface area contributed by atoms with E-state index >= 15 is 0 Å². The fourth-order valence-corrected chi connectivity index (χ4v) is 5.42. The van der Waals surface area contributed by atoms with Crippen LogP contribution >= 0.6 is 11.3 Å². The third kappa shape index (κ3) is 4.68. The van der Waals surface area contributed by atoms with Gasteiger partial charge in [-0.3, -0.25) is 14.5 Å². The number of phenols is 1. The van der Waals surface area contributed by atoms with E-state index in [0.29, 0.717) is 46.5 Å². The molecule has 3 aromatic carbocycles. The average Bonchev–Trinajstić information content (AvgIpc) is 3.45. The first kappa shape index (κ1) is 25.3. The number of fused-ring (bicyclic) bond motifs is 1. The highest BCUT2D eigenvalue weighted by molar-refractivity contribution is 7.22. The van der Waals surface area contributed by atoms with E-state index in [-0.39, 0.29) is 17.1 Å². The molecule has 1 fully saturated rings. The number of Topliss-reactive ketones (excluding diaryl/α,β-unsaturated/α-hetero) is 1. The summed E-state index contributed by atoms with van der Waals surface area (Å²) in [6.45, 7) is 4.89. The number of carbonyl (C=O) groups is 2. The molecule has 4 aromatic rings. The fraction of sp³-hybridized carbons (Fsp3) is 0.207. The van der Waals surface area contributed by atoms with Gasteiger partial charge in [-0.1, -0.05) is 42.5 Å². The van der Waals surface area contributed by atoms with Crippen molar-refractivity contribution in [3.63, 3.8) is 0 Å². The van der Waals surface area contributed by atoms with Crippen molar-refractivity contribution in [1.82, 2.24) is 4.98 Å². The number of anilines is 1. The first-order valence-electron chi connectivity index (χ1n) is 12.3. The smallest absolute Gasteiger partial charge is 0.301 e. The minimum Gasteiger partial charge on any atom is -0.508 e. The number of thiazole rings is 1. The number of rotatable bonds is 8. The van der Waals surface area contributed by atoms with E-state index in [0.717, 1.165) is 11.1 Å². The SMILES string of the molecule is CCCOc1cccc(/C(O)=C2\C(=O)C(=O)N(c3nc4ccc(OCC)cc4s3)C2c2cccc(O)c2)c1. The summed E-state index contributed by atoms with van der Waals surface area (Å²) in [6.07, 6.45) is 0.813. The molecule has 1 aliphatic heterocycles. The number of aromatic nitrogens is 1. The molecular weight excluding hydrogens is 504 g/mol. The maximum absolute atomic E-state index is 13.5. The Bertz CT molecular complexity index is 1560. The molecule has 5 rings (SSSR count). The van der Waals surface area contributed by atoms with Crippen molar-refractivity contribution >= 4 is 44.1 Å². The van der Waals surface area contributed by atoms with Gasteiger partial charge in [0.25, 0.3) is 5.78 Å². The van der Waals surface area contributed by atoms with Crippen LogP contribution < -0.4 is 14.4 Å². The van der Waals surface area contributed by atoms with Crippen LogP contribution in [-0.2, 0) is 9.59 Å².